The summed E-state index contributed by atoms with van der Waals surface area (Å²) in [5.74, 6) is -0.117. The van der Waals surface area contributed by atoms with E-state index in [-0.39, 0.29) is 17.1 Å². The molecule has 1 aromatic carbocycles. The van der Waals surface area contributed by atoms with Crippen molar-refractivity contribution in [3.63, 3.8) is 0 Å². The van der Waals surface area contributed by atoms with E-state index in [4.69, 9.17) is 9.15 Å². The van der Waals surface area contributed by atoms with Crippen LogP contribution in [-0.2, 0) is 4.74 Å². The van der Waals surface area contributed by atoms with Crippen LogP contribution in [0.3, 0.4) is 0 Å². The second-order valence-corrected chi connectivity index (χ2v) is 7.80. The third-order valence-electron chi connectivity index (χ3n) is 4.80. The first-order chi connectivity index (χ1) is 11.2. The second-order valence-electron chi connectivity index (χ2n) is 7.80. The van der Waals surface area contributed by atoms with Gasteiger partial charge in [0.15, 0.2) is 0 Å². The Balaban J connectivity index is 2.03. The Morgan fingerprint density at radius 2 is 1.88 bits per heavy atom. The molecule has 0 saturated heterocycles. The van der Waals surface area contributed by atoms with Gasteiger partial charge in [0.1, 0.15) is 12.2 Å². The average Bonchev–Trinajstić information content (AvgIpc) is 2.95. The number of hydrogen-bond acceptors (Lipinski definition) is 3. The van der Waals surface area contributed by atoms with E-state index in [0.717, 1.165) is 35.1 Å². The van der Waals surface area contributed by atoms with Gasteiger partial charge in [0, 0.05) is 10.8 Å². The Bertz CT molecular complexity index is 711. The first-order valence-corrected chi connectivity index (χ1v) is 8.69. The van der Waals surface area contributed by atoms with Crippen LogP contribution in [0.4, 0.5) is 0 Å². The molecule has 2 aromatic rings. The van der Waals surface area contributed by atoms with Gasteiger partial charge in [-0.25, -0.2) is 4.79 Å². The number of furan rings is 1. The molecule has 0 spiro atoms. The largest absolute Gasteiger partial charge is 0.459 e. The number of carbonyl (C=O) groups is 1. The molecule has 1 heterocycles. The second kappa shape index (κ2) is 6.98. The number of rotatable bonds is 7. The summed E-state index contributed by atoms with van der Waals surface area (Å²) in [4.78, 5) is 12.3. The van der Waals surface area contributed by atoms with Gasteiger partial charge < -0.3 is 13.6 Å². The fraction of sp³-hybridized carbons (Fsp3) is 0.550. The Labute approximate surface area is 145 Å². The van der Waals surface area contributed by atoms with Gasteiger partial charge in [-0.3, -0.25) is 0 Å². The van der Waals surface area contributed by atoms with Gasteiger partial charge >= 0.3 is 5.97 Å². The van der Waals surface area contributed by atoms with Gasteiger partial charge in [0.25, 0.3) is 0 Å². The highest BCUT2D eigenvalue weighted by Gasteiger charge is 2.31. The maximum Gasteiger partial charge on any atom is 0.374 e. The zero-order valence-electron chi connectivity index (χ0n) is 15.8. The molecule has 1 aromatic heterocycles. The highest BCUT2D eigenvalue weighted by atomic mass is 16.5. The molecule has 0 radical (unpaired) electrons. The normalized spacial score (nSPS) is 12.6. The molecule has 0 N–H and O–H groups in total. The summed E-state index contributed by atoms with van der Waals surface area (Å²) in [6.07, 6.45) is 0. The van der Waals surface area contributed by atoms with Crippen LogP contribution in [0.15, 0.2) is 28.7 Å². The highest BCUT2D eigenvalue weighted by Crippen LogP contribution is 2.24. The number of benzene rings is 1. The number of quaternary nitrogens is 1. The van der Waals surface area contributed by atoms with Gasteiger partial charge in [-0.05, 0) is 39.0 Å². The van der Waals surface area contributed by atoms with Crippen molar-refractivity contribution in [3.8, 4) is 0 Å². The number of fused-ring (bicyclic) bond motifs is 1. The zero-order chi connectivity index (χ0) is 18.0. The summed E-state index contributed by atoms with van der Waals surface area (Å²) in [5.41, 5.74) is 1.77. The smallest absolute Gasteiger partial charge is 0.374 e. The minimum atomic E-state index is -0.390. The van der Waals surface area contributed by atoms with Crippen LogP contribution in [0, 0.1) is 12.3 Å². The molecule has 132 valence electrons. The minimum absolute atomic E-state index is 0.0843. The summed E-state index contributed by atoms with van der Waals surface area (Å²) in [6, 6.07) is 7.62. The third-order valence-corrected chi connectivity index (χ3v) is 4.80. The Morgan fingerprint density at radius 3 is 2.50 bits per heavy atom. The molecule has 0 aliphatic rings. The molecule has 0 atom stereocenters. The quantitative estimate of drug-likeness (QED) is 0.557. The SMILES string of the molecule is CC[N+](C)(CC)CC(C)(C)COC(=O)c1cc2cc(C)ccc2o1. The highest BCUT2D eigenvalue weighted by molar-refractivity contribution is 5.92. The van der Waals surface area contributed by atoms with Crippen LogP contribution in [0.5, 0.6) is 0 Å². The van der Waals surface area contributed by atoms with Gasteiger partial charge in [-0.15, -0.1) is 0 Å². The molecule has 24 heavy (non-hydrogen) atoms. The average molecular weight is 332 g/mol. The maximum absolute atomic E-state index is 12.3. The van der Waals surface area contributed by atoms with E-state index in [1.807, 2.05) is 25.1 Å². The molecule has 0 aliphatic heterocycles. The van der Waals surface area contributed by atoms with E-state index in [9.17, 15) is 4.79 Å². The van der Waals surface area contributed by atoms with Crippen molar-refractivity contribution >= 4 is 16.9 Å². The first kappa shape index (κ1) is 18.5. The van der Waals surface area contributed by atoms with Crippen LogP contribution in [0.2, 0.25) is 0 Å². The molecule has 4 nitrogen and oxygen atoms in total. The summed E-state index contributed by atoms with van der Waals surface area (Å²) in [6.45, 7) is 14.2. The fourth-order valence-electron chi connectivity index (χ4n) is 3.12. The van der Waals surface area contributed by atoms with E-state index in [2.05, 4.69) is 34.7 Å². The summed E-state index contributed by atoms with van der Waals surface area (Å²) in [5, 5.41) is 0.933. The fourth-order valence-corrected chi connectivity index (χ4v) is 3.12. The lowest BCUT2D eigenvalue weighted by Gasteiger charge is -2.38. The lowest BCUT2D eigenvalue weighted by atomic mass is 9.93. The first-order valence-electron chi connectivity index (χ1n) is 8.69. The molecule has 0 saturated carbocycles. The van der Waals surface area contributed by atoms with Crippen LogP contribution < -0.4 is 0 Å². The summed E-state index contributed by atoms with van der Waals surface area (Å²) in [7, 11) is 2.24. The van der Waals surface area contributed by atoms with Crippen molar-refractivity contribution in [2.24, 2.45) is 5.41 Å². The van der Waals surface area contributed by atoms with E-state index in [1.54, 1.807) is 6.07 Å². The Kier molecular flexibility index (Phi) is 5.38. The van der Waals surface area contributed by atoms with E-state index in [0.29, 0.717) is 12.2 Å². The molecule has 4 heteroatoms. The summed E-state index contributed by atoms with van der Waals surface area (Å²) >= 11 is 0. The van der Waals surface area contributed by atoms with Crippen molar-refractivity contribution in [1.29, 1.82) is 0 Å². The maximum atomic E-state index is 12.3. The number of aryl methyl sites for hydroxylation is 1. The van der Waals surface area contributed by atoms with E-state index in [1.165, 1.54) is 0 Å². The van der Waals surface area contributed by atoms with Gasteiger partial charge in [-0.2, -0.15) is 0 Å². The van der Waals surface area contributed by atoms with Crippen LogP contribution in [0.1, 0.15) is 43.8 Å². The number of hydrogen-bond donors (Lipinski definition) is 0. The Hall–Kier alpha value is -1.81. The van der Waals surface area contributed by atoms with Crippen molar-refractivity contribution < 1.29 is 18.4 Å². The van der Waals surface area contributed by atoms with Gasteiger partial charge in [0.05, 0.1) is 26.7 Å². The summed E-state index contributed by atoms with van der Waals surface area (Å²) < 4.78 is 12.1. The van der Waals surface area contributed by atoms with Crippen LogP contribution in [-0.4, -0.2) is 43.7 Å². The predicted molar refractivity (Wildman–Crippen MR) is 97.1 cm³/mol. The molecule has 0 fully saturated rings. The van der Waals surface area contributed by atoms with Crippen molar-refractivity contribution in [2.75, 3.05) is 33.3 Å². The van der Waals surface area contributed by atoms with Crippen LogP contribution in [0.25, 0.3) is 11.0 Å². The molecule has 2 rings (SSSR count). The molecule has 0 aliphatic carbocycles. The van der Waals surface area contributed by atoms with Gasteiger partial charge in [0.2, 0.25) is 5.76 Å². The van der Waals surface area contributed by atoms with Crippen LogP contribution >= 0.6 is 0 Å². The zero-order valence-corrected chi connectivity index (χ0v) is 15.8. The predicted octanol–water partition coefficient (Wildman–Crippen LogP) is 4.41. The minimum Gasteiger partial charge on any atom is -0.459 e. The van der Waals surface area contributed by atoms with Crippen molar-refractivity contribution in [2.45, 2.75) is 34.6 Å². The topological polar surface area (TPSA) is 39.4 Å². The lowest BCUT2D eigenvalue weighted by molar-refractivity contribution is -0.912. The van der Waals surface area contributed by atoms with E-state index >= 15 is 0 Å². The number of esters is 1. The molecule has 0 bridgehead atoms. The van der Waals surface area contributed by atoms with E-state index < -0.39 is 0 Å². The number of ether oxygens (including phenoxy) is 1. The lowest BCUT2D eigenvalue weighted by Crippen LogP contribution is -2.50. The molecular formula is C20H30NO3+. The van der Waals surface area contributed by atoms with Crippen molar-refractivity contribution in [3.05, 3.63) is 35.6 Å². The molecule has 0 amide bonds. The number of nitrogens with zero attached hydrogens (tertiary/aromatic N) is 1. The number of carbonyl (C=O) groups excluding carboxylic acids is 1. The van der Waals surface area contributed by atoms with Crippen molar-refractivity contribution in [1.82, 2.24) is 0 Å². The molecule has 0 unspecified atom stereocenters. The van der Waals surface area contributed by atoms with Gasteiger partial charge in [-0.1, -0.05) is 25.5 Å². The standard InChI is InChI=1S/C20H30NO3/c1-7-21(6,8-2)13-20(4,5)14-23-19(22)18-12-16-11-15(3)9-10-17(16)24-18/h9-12H,7-8,13-14H2,1-6H3/q+1. The molecular weight excluding hydrogens is 302 g/mol. The Morgan fingerprint density at radius 1 is 1.21 bits per heavy atom. The monoisotopic (exact) mass is 332 g/mol. The third kappa shape index (κ3) is 4.38.